The lowest BCUT2D eigenvalue weighted by molar-refractivity contribution is 0.416. The standard InChI is InChI=1S/C26H29N5O2/c1-7-30(8-2)19-13-14-21(16(3)15-19)27-24-18(5)29-31-25(24)28-23(17(4)26(31)32)20-11-9-10-12-22(20)33-6/h9-15H,7-8H2,1-6H3. The lowest BCUT2D eigenvalue weighted by Crippen LogP contribution is -2.24. The molecule has 1 aliphatic heterocycles. The second-order valence-corrected chi connectivity index (χ2v) is 8.02. The molecule has 0 aliphatic carbocycles. The number of aromatic nitrogens is 2. The molecule has 1 aromatic heterocycles. The van der Waals surface area contributed by atoms with Gasteiger partial charge in [0.15, 0.2) is 5.82 Å². The van der Waals surface area contributed by atoms with Crippen LogP contribution in [0.3, 0.4) is 0 Å². The molecule has 0 unspecified atom stereocenters. The van der Waals surface area contributed by atoms with Crippen LogP contribution in [0.2, 0.25) is 0 Å². The number of nitrogens with zero attached hydrogens (tertiary/aromatic N) is 5. The first-order valence-corrected chi connectivity index (χ1v) is 11.2. The molecule has 0 radical (unpaired) electrons. The number of aryl methyl sites for hydroxylation is 1. The van der Waals surface area contributed by atoms with Crippen LogP contribution in [0.1, 0.15) is 37.7 Å². The van der Waals surface area contributed by atoms with Gasteiger partial charge < -0.3 is 9.64 Å². The number of aliphatic imine (C=N–C) groups is 1. The van der Waals surface area contributed by atoms with Gasteiger partial charge in [0.1, 0.15) is 11.5 Å². The Balaban J connectivity index is 1.85. The van der Waals surface area contributed by atoms with Crippen molar-refractivity contribution in [1.29, 1.82) is 0 Å². The van der Waals surface area contributed by atoms with Crippen molar-refractivity contribution in [3.8, 4) is 17.0 Å². The fourth-order valence-corrected chi connectivity index (χ4v) is 4.10. The van der Waals surface area contributed by atoms with Gasteiger partial charge in [-0.1, -0.05) is 12.1 Å². The monoisotopic (exact) mass is 443 g/mol. The smallest absolute Gasteiger partial charge is 0.278 e. The molecule has 0 bridgehead atoms. The molecule has 0 spiro atoms. The third-order valence-electron chi connectivity index (χ3n) is 5.99. The van der Waals surface area contributed by atoms with Gasteiger partial charge in [0.05, 0.1) is 24.2 Å². The van der Waals surface area contributed by atoms with E-state index in [1.54, 1.807) is 14.0 Å². The summed E-state index contributed by atoms with van der Waals surface area (Å²) >= 11 is 0. The van der Waals surface area contributed by atoms with Crippen molar-refractivity contribution in [3.63, 3.8) is 0 Å². The summed E-state index contributed by atoms with van der Waals surface area (Å²) in [5, 5.41) is 4.46. The fourth-order valence-electron chi connectivity index (χ4n) is 4.10. The van der Waals surface area contributed by atoms with Crippen molar-refractivity contribution < 1.29 is 4.74 Å². The maximum atomic E-state index is 13.2. The normalized spacial score (nSPS) is 13.8. The summed E-state index contributed by atoms with van der Waals surface area (Å²) in [6.45, 7) is 11.8. The highest BCUT2D eigenvalue weighted by molar-refractivity contribution is 6.48. The van der Waals surface area contributed by atoms with Crippen molar-refractivity contribution in [2.24, 2.45) is 10.1 Å². The molecule has 0 fully saturated rings. The van der Waals surface area contributed by atoms with E-state index in [1.165, 1.54) is 10.4 Å². The molecule has 0 atom stereocenters. The minimum Gasteiger partial charge on any atom is -0.496 e. The van der Waals surface area contributed by atoms with Crippen LogP contribution in [-0.2, 0) is 0 Å². The van der Waals surface area contributed by atoms with E-state index in [-0.39, 0.29) is 5.56 Å². The van der Waals surface area contributed by atoms with E-state index in [9.17, 15) is 4.79 Å². The summed E-state index contributed by atoms with van der Waals surface area (Å²) in [4.78, 5) is 25.2. The highest BCUT2D eigenvalue weighted by atomic mass is 16.5. The Morgan fingerprint density at radius 2 is 1.79 bits per heavy atom. The number of anilines is 1. The number of methoxy groups -OCH3 is 1. The molecule has 170 valence electrons. The van der Waals surface area contributed by atoms with Crippen LogP contribution in [0.25, 0.3) is 11.3 Å². The van der Waals surface area contributed by atoms with Crippen LogP contribution in [-0.4, -0.2) is 41.3 Å². The van der Waals surface area contributed by atoms with Crippen molar-refractivity contribution in [1.82, 2.24) is 9.66 Å². The Hall–Kier alpha value is -3.74. The molecular formula is C26H29N5O2. The summed E-state index contributed by atoms with van der Waals surface area (Å²) in [5.41, 5.74) is 5.96. The lowest BCUT2D eigenvalue weighted by atomic mass is 10.1. The van der Waals surface area contributed by atoms with E-state index < -0.39 is 0 Å². The molecule has 1 aliphatic rings. The predicted molar refractivity (Wildman–Crippen MR) is 135 cm³/mol. The molecule has 7 heteroatoms. The number of benzene rings is 2. The van der Waals surface area contributed by atoms with Crippen molar-refractivity contribution >= 4 is 22.8 Å². The summed E-state index contributed by atoms with van der Waals surface area (Å²) in [6.07, 6.45) is 0. The molecule has 7 nitrogen and oxygen atoms in total. The van der Waals surface area contributed by atoms with E-state index in [4.69, 9.17) is 14.7 Å². The number of para-hydroxylation sites is 1. The molecule has 2 aromatic carbocycles. The fraction of sp³-hybridized carbons (Fsp3) is 0.308. The highest BCUT2D eigenvalue weighted by Gasteiger charge is 2.27. The molecule has 0 amide bonds. The SMILES string of the molecule is CCN(CC)c1ccc(N=C2C(C)=Nn3c2nc(-c2ccccc2OC)c(C)c3=O)c(C)c1. The lowest BCUT2D eigenvalue weighted by Gasteiger charge is -2.21. The molecule has 2 heterocycles. The van der Waals surface area contributed by atoms with Gasteiger partial charge in [-0.05, 0) is 70.5 Å². The Kier molecular flexibility index (Phi) is 6.14. The molecule has 0 saturated heterocycles. The minimum atomic E-state index is -0.209. The number of rotatable bonds is 6. The first kappa shape index (κ1) is 22.5. The molecule has 0 N–H and O–H groups in total. The van der Waals surface area contributed by atoms with Gasteiger partial charge in [-0.15, -0.1) is 0 Å². The first-order chi connectivity index (χ1) is 15.9. The molecular weight excluding hydrogens is 414 g/mol. The van der Waals surface area contributed by atoms with Crippen LogP contribution in [0, 0.1) is 13.8 Å². The summed E-state index contributed by atoms with van der Waals surface area (Å²) < 4.78 is 6.86. The summed E-state index contributed by atoms with van der Waals surface area (Å²) in [7, 11) is 1.61. The van der Waals surface area contributed by atoms with E-state index in [0.29, 0.717) is 34.3 Å². The zero-order valence-corrected chi connectivity index (χ0v) is 20.0. The molecule has 0 saturated carbocycles. The van der Waals surface area contributed by atoms with Gasteiger partial charge in [-0.25, -0.2) is 9.98 Å². The number of fused-ring (bicyclic) bond motifs is 1. The minimum absolute atomic E-state index is 0.209. The van der Waals surface area contributed by atoms with E-state index in [2.05, 4.69) is 36.0 Å². The van der Waals surface area contributed by atoms with Crippen LogP contribution in [0.5, 0.6) is 5.75 Å². The largest absolute Gasteiger partial charge is 0.496 e. The van der Waals surface area contributed by atoms with Gasteiger partial charge in [0.25, 0.3) is 5.56 Å². The molecule has 4 rings (SSSR count). The third-order valence-corrected chi connectivity index (χ3v) is 5.99. The maximum absolute atomic E-state index is 13.2. The Bertz CT molecular complexity index is 1330. The Labute approximate surface area is 194 Å². The third kappa shape index (κ3) is 3.95. The average Bonchev–Trinajstić information content (AvgIpc) is 3.13. The summed E-state index contributed by atoms with van der Waals surface area (Å²) in [6, 6.07) is 13.8. The number of hydrogen-bond acceptors (Lipinski definition) is 6. The maximum Gasteiger partial charge on any atom is 0.278 e. The van der Waals surface area contributed by atoms with Gasteiger partial charge in [-0.3, -0.25) is 4.79 Å². The molecule has 33 heavy (non-hydrogen) atoms. The summed E-state index contributed by atoms with van der Waals surface area (Å²) in [5.74, 6) is 1.10. The van der Waals surface area contributed by atoms with E-state index >= 15 is 0 Å². The van der Waals surface area contributed by atoms with Crippen LogP contribution < -0.4 is 15.2 Å². The van der Waals surface area contributed by atoms with Crippen molar-refractivity contribution in [2.75, 3.05) is 25.1 Å². The zero-order chi connectivity index (χ0) is 23.7. The van der Waals surface area contributed by atoms with Gasteiger partial charge in [-0.2, -0.15) is 9.78 Å². The van der Waals surface area contributed by atoms with Gasteiger partial charge in [0.2, 0.25) is 0 Å². The predicted octanol–water partition coefficient (Wildman–Crippen LogP) is 4.74. The average molecular weight is 444 g/mol. The molecule has 3 aromatic rings. The second-order valence-electron chi connectivity index (χ2n) is 8.02. The van der Waals surface area contributed by atoms with Gasteiger partial charge in [0, 0.05) is 29.9 Å². The van der Waals surface area contributed by atoms with E-state index in [0.717, 1.165) is 29.9 Å². The Morgan fingerprint density at radius 1 is 1.06 bits per heavy atom. The van der Waals surface area contributed by atoms with Crippen LogP contribution in [0.15, 0.2) is 57.4 Å². The second kappa shape index (κ2) is 9.02. The number of hydrogen-bond donors (Lipinski definition) is 0. The highest BCUT2D eigenvalue weighted by Crippen LogP contribution is 2.31. The van der Waals surface area contributed by atoms with E-state index in [1.807, 2.05) is 44.2 Å². The topological polar surface area (TPSA) is 72.1 Å². The van der Waals surface area contributed by atoms with Gasteiger partial charge >= 0.3 is 0 Å². The first-order valence-electron chi connectivity index (χ1n) is 11.2. The van der Waals surface area contributed by atoms with Crippen LogP contribution in [0.4, 0.5) is 11.4 Å². The Morgan fingerprint density at radius 3 is 2.45 bits per heavy atom. The quantitative estimate of drug-likeness (QED) is 0.552. The van der Waals surface area contributed by atoms with Crippen LogP contribution >= 0.6 is 0 Å². The van der Waals surface area contributed by atoms with Crippen molar-refractivity contribution in [2.45, 2.75) is 34.6 Å². The number of ether oxygens (including phenoxy) is 1. The van der Waals surface area contributed by atoms with Crippen molar-refractivity contribution in [3.05, 3.63) is 69.8 Å². The zero-order valence-electron chi connectivity index (χ0n) is 20.0.